The highest BCUT2D eigenvalue weighted by Gasteiger charge is 2.27. The summed E-state index contributed by atoms with van der Waals surface area (Å²) in [6.07, 6.45) is 33.8. The minimum absolute atomic E-state index is 0.277. The van der Waals surface area contributed by atoms with Crippen molar-refractivity contribution >= 4 is 16.0 Å². The number of unbranched alkanes of at least 4 members (excludes halogenated alkanes) is 21. The molecule has 0 heterocycles. The van der Waals surface area contributed by atoms with Gasteiger partial charge in [0.25, 0.3) is 10.1 Å². The van der Waals surface area contributed by atoms with Gasteiger partial charge in [0.1, 0.15) is 6.10 Å². The number of hydrogen-bond acceptors (Lipinski definition) is 5. The maximum atomic E-state index is 12.5. The lowest BCUT2D eigenvalue weighted by Gasteiger charge is -2.22. The minimum Gasteiger partial charge on any atom is -0.387 e. The Hall–Kier alpha value is -1.22. The number of aliphatic hydroxyl groups is 2. The second kappa shape index (κ2) is 30.4. The molecule has 0 aromatic rings. The molecule has 0 radical (unpaired) electrons. The largest absolute Gasteiger partial charge is 0.387 e. The smallest absolute Gasteiger partial charge is 0.267 e. The van der Waals surface area contributed by atoms with E-state index in [1.807, 2.05) is 0 Å². The number of aliphatic hydroxyl groups excluding tert-OH is 2. The number of nitrogens with one attached hydrogen (secondary N) is 1. The SMILES string of the molecule is CCCCCCCC/C=C/CC/C=C/C(O)C(CS(=O)(=O)O)NC(=O)C(O)CCCCCCCCCCCCCCCCC. The van der Waals surface area contributed by atoms with Gasteiger partial charge in [0.05, 0.1) is 17.9 Å². The van der Waals surface area contributed by atoms with Gasteiger partial charge in [-0.2, -0.15) is 8.42 Å². The summed E-state index contributed by atoms with van der Waals surface area (Å²) in [6.45, 7) is 4.47. The lowest BCUT2D eigenvalue weighted by Crippen LogP contribution is -2.50. The summed E-state index contributed by atoms with van der Waals surface area (Å²) in [7, 11) is -4.44. The van der Waals surface area contributed by atoms with Gasteiger partial charge in [-0.05, 0) is 32.1 Å². The van der Waals surface area contributed by atoms with E-state index in [9.17, 15) is 28.0 Å². The molecule has 0 aromatic heterocycles. The fourth-order valence-electron chi connectivity index (χ4n) is 5.41. The molecule has 0 aliphatic rings. The molecule has 0 spiro atoms. The number of allylic oxidation sites excluding steroid dienone is 3. The quantitative estimate of drug-likeness (QED) is 0.0329. The number of carbonyl (C=O) groups is 1. The normalized spacial score (nSPS) is 14.4. The molecule has 0 rings (SSSR count). The zero-order valence-corrected chi connectivity index (χ0v) is 29.2. The summed E-state index contributed by atoms with van der Waals surface area (Å²) < 4.78 is 32.3. The van der Waals surface area contributed by atoms with Crippen LogP contribution in [-0.2, 0) is 14.9 Å². The standard InChI is InChI=1S/C36H69NO6S/c1-3-5-7-9-11-13-15-17-18-19-21-23-25-27-29-31-35(39)36(40)37-33(32-44(41,42)43)34(38)30-28-26-24-22-20-16-14-12-10-8-6-4-2/h20,22,28,30,33-35,38-39H,3-19,21,23-27,29,31-32H2,1-2H3,(H,37,40)(H,41,42,43)/b22-20+,30-28+. The van der Waals surface area contributed by atoms with Crippen molar-refractivity contribution in [2.45, 2.75) is 193 Å². The second-order valence-corrected chi connectivity index (χ2v) is 14.1. The van der Waals surface area contributed by atoms with Gasteiger partial charge in [0.15, 0.2) is 0 Å². The third-order valence-electron chi connectivity index (χ3n) is 8.24. The van der Waals surface area contributed by atoms with E-state index in [1.54, 1.807) is 6.08 Å². The Morgan fingerprint density at radius 3 is 1.50 bits per heavy atom. The number of amides is 1. The predicted molar refractivity (Wildman–Crippen MR) is 185 cm³/mol. The number of rotatable bonds is 32. The van der Waals surface area contributed by atoms with E-state index in [2.05, 4.69) is 31.3 Å². The van der Waals surface area contributed by atoms with Crippen molar-refractivity contribution in [2.75, 3.05) is 5.75 Å². The van der Waals surface area contributed by atoms with E-state index >= 15 is 0 Å². The Balaban J connectivity index is 4.14. The molecule has 0 aliphatic heterocycles. The van der Waals surface area contributed by atoms with Gasteiger partial charge < -0.3 is 15.5 Å². The van der Waals surface area contributed by atoms with E-state index in [0.29, 0.717) is 12.8 Å². The van der Waals surface area contributed by atoms with E-state index in [0.717, 1.165) is 32.1 Å². The zero-order valence-electron chi connectivity index (χ0n) is 28.4. The number of carbonyl (C=O) groups excluding carboxylic acids is 1. The summed E-state index contributed by atoms with van der Waals surface area (Å²) in [6, 6.07) is -1.24. The molecule has 0 bridgehead atoms. The molecule has 3 atom stereocenters. The summed E-state index contributed by atoms with van der Waals surface area (Å²) >= 11 is 0. The molecular weight excluding hydrogens is 574 g/mol. The first-order valence-corrected chi connectivity index (χ1v) is 19.8. The first-order chi connectivity index (χ1) is 21.2. The molecule has 0 saturated carbocycles. The van der Waals surface area contributed by atoms with Gasteiger partial charge in [-0.25, -0.2) is 0 Å². The van der Waals surface area contributed by atoms with Crippen LogP contribution in [0.1, 0.15) is 174 Å². The monoisotopic (exact) mass is 643 g/mol. The van der Waals surface area contributed by atoms with E-state index in [-0.39, 0.29) is 6.42 Å². The van der Waals surface area contributed by atoms with Crippen molar-refractivity contribution < 1.29 is 28.0 Å². The fourth-order valence-corrected chi connectivity index (χ4v) is 6.15. The average molecular weight is 644 g/mol. The second-order valence-electron chi connectivity index (χ2n) is 12.6. The van der Waals surface area contributed by atoms with E-state index in [4.69, 9.17) is 0 Å². The molecule has 0 aromatic carbocycles. The van der Waals surface area contributed by atoms with E-state index in [1.165, 1.54) is 115 Å². The Morgan fingerprint density at radius 1 is 0.614 bits per heavy atom. The van der Waals surface area contributed by atoms with Crippen molar-refractivity contribution in [3.05, 3.63) is 24.3 Å². The van der Waals surface area contributed by atoms with Crippen LogP contribution >= 0.6 is 0 Å². The molecule has 0 fully saturated rings. The van der Waals surface area contributed by atoms with Gasteiger partial charge in [-0.3, -0.25) is 9.35 Å². The Labute approximate surface area is 271 Å². The molecule has 44 heavy (non-hydrogen) atoms. The fraction of sp³-hybridized carbons (Fsp3) is 0.861. The molecule has 1 amide bonds. The van der Waals surface area contributed by atoms with Crippen molar-refractivity contribution in [3.8, 4) is 0 Å². The number of hydrogen-bond donors (Lipinski definition) is 4. The molecule has 8 heteroatoms. The van der Waals surface area contributed by atoms with E-state index < -0.39 is 40.0 Å². The lowest BCUT2D eigenvalue weighted by molar-refractivity contribution is -0.130. The average Bonchev–Trinajstić information content (AvgIpc) is 2.98. The molecule has 7 nitrogen and oxygen atoms in total. The molecule has 0 aliphatic carbocycles. The van der Waals surface area contributed by atoms with Gasteiger partial charge >= 0.3 is 0 Å². The third-order valence-corrected chi connectivity index (χ3v) is 9.02. The molecule has 4 N–H and O–H groups in total. The molecular formula is C36H69NO6S. The van der Waals surface area contributed by atoms with Gasteiger partial charge in [-0.1, -0.05) is 167 Å². The van der Waals surface area contributed by atoms with Gasteiger partial charge in [-0.15, -0.1) is 0 Å². The van der Waals surface area contributed by atoms with Crippen molar-refractivity contribution in [2.24, 2.45) is 0 Å². The predicted octanol–water partition coefficient (Wildman–Crippen LogP) is 8.99. The van der Waals surface area contributed by atoms with Gasteiger partial charge in [0, 0.05) is 0 Å². The summed E-state index contributed by atoms with van der Waals surface area (Å²) in [4.78, 5) is 12.5. The van der Waals surface area contributed by atoms with Gasteiger partial charge in [0.2, 0.25) is 5.91 Å². The molecule has 0 saturated heterocycles. The topological polar surface area (TPSA) is 124 Å². The maximum Gasteiger partial charge on any atom is 0.267 e. The first-order valence-electron chi connectivity index (χ1n) is 18.1. The summed E-state index contributed by atoms with van der Waals surface area (Å²) in [5, 5.41) is 23.2. The minimum atomic E-state index is -4.44. The Bertz CT molecular complexity index is 813. The third kappa shape index (κ3) is 29.5. The van der Waals surface area contributed by atoms with Crippen LogP contribution < -0.4 is 5.32 Å². The van der Waals surface area contributed by atoms with Crippen LogP contribution in [0, 0.1) is 0 Å². The highest BCUT2D eigenvalue weighted by atomic mass is 32.2. The van der Waals surface area contributed by atoms with Crippen molar-refractivity contribution in [3.63, 3.8) is 0 Å². The lowest BCUT2D eigenvalue weighted by atomic mass is 10.0. The van der Waals surface area contributed by atoms with Crippen LogP contribution in [0.5, 0.6) is 0 Å². The molecule has 3 unspecified atom stereocenters. The van der Waals surface area contributed by atoms with Crippen LogP contribution in [0.2, 0.25) is 0 Å². The van der Waals surface area contributed by atoms with Crippen LogP contribution in [-0.4, -0.2) is 53.1 Å². The van der Waals surface area contributed by atoms with Crippen molar-refractivity contribution in [1.82, 2.24) is 5.32 Å². The van der Waals surface area contributed by atoms with Crippen LogP contribution in [0.4, 0.5) is 0 Å². The first kappa shape index (κ1) is 42.8. The van der Waals surface area contributed by atoms with Crippen LogP contribution in [0.25, 0.3) is 0 Å². The Morgan fingerprint density at radius 2 is 1.02 bits per heavy atom. The highest BCUT2D eigenvalue weighted by Crippen LogP contribution is 2.14. The van der Waals surface area contributed by atoms with Crippen LogP contribution in [0.15, 0.2) is 24.3 Å². The molecule has 260 valence electrons. The highest BCUT2D eigenvalue weighted by molar-refractivity contribution is 7.85. The maximum absolute atomic E-state index is 12.5. The Kier molecular flexibility index (Phi) is 29.6. The van der Waals surface area contributed by atoms with Crippen molar-refractivity contribution in [1.29, 1.82) is 0 Å². The van der Waals surface area contributed by atoms with Crippen LogP contribution in [0.3, 0.4) is 0 Å². The summed E-state index contributed by atoms with van der Waals surface area (Å²) in [5.41, 5.74) is 0. The summed E-state index contributed by atoms with van der Waals surface area (Å²) in [5.74, 6) is -1.55. The zero-order chi connectivity index (χ0) is 32.7.